The summed E-state index contributed by atoms with van der Waals surface area (Å²) in [7, 11) is -2.57. The topological polar surface area (TPSA) is 86.8 Å². The first-order chi connectivity index (χ1) is 17.4. The summed E-state index contributed by atoms with van der Waals surface area (Å²) in [6, 6.07) is 18.8. The van der Waals surface area contributed by atoms with Crippen LogP contribution in [0.15, 0.2) is 71.6 Å². The highest BCUT2D eigenvalue weighted by Gasteiger charge is 2.33. The standard InChI is InChI=1S/C29H35N3O4S/c1-20-11-14-26(15-12-20)37(35,36)32(27-16-13-21(2)17-23(27)4)19-28(33)31(24(5)29(34)30-6)18-25-10-8-7-9-22(25)3/h7-17,24H,18-19H2,1-6H3,(H,30,34)/t24-/m1/s1. The van der Waals surface area contributed by atoms with Crippen LogP contribution in [-0.2, 0) is 26.2 Å². The van der Waals surface area contributed by atoms with E-state index in [9.17, 15) is 18.0 Å². The van der Waals surface area contributed by atoms with Crippen LogP contribution in [0.25, 0.3) is 0 Å². The SMILES string of the molecule is CNC(=O)[C@@H](C)N(Cc1ccccc1C)C(=O)CN(c1ccc(C)cc1C)S(=O)(=O)c1ccc(C)cc1. The molecule has 3 aromatic rings. The third-order valence-corrected chi connectivity index (χ3v) is 8.30. The van der Waals surface area contributed by atoms with Crippen molar-refractivity contribution in [2.75, 3.05) is 17.9 Å². The molecule has 0 spiro atoms. The van der Waals surface area contributed by atoms with E-state index in [-0.39, 0.29) is 17.3 Å². The van der Waals surface area contributed by atoms with E-state index in [1.807, 2.05) is 64.1 Å². The van der Waals surface area contributed by atoms with Crippen LogP contribution in [0.3, 0.4) is 0 Å². The lowest BCUT2D eigenvalue weighted by Gasteiger charge is -2.32. The van der Waals surface area contributed by atoms with Crippen LogP contribution >= 0.6 is 0 Å². The number of aryl methyl sites for hydroxylation is 4. The molecule has 0 aliphatic heterocycles. The second-order valence-corrected chi connectivity index (χ2v) is 11.2. The molecule has 8 heteroatoms. The minimum atomic E-state index is -4.08. The molecule has 0 unspecified atom stereocenters. The van der Waals surface area contributed by atoms with Crippen molar-refractivity contribution in [3.05, 3.63) is 94.5 Å². The number of sulfonamides is 1. The van der Waals surface area contributed by atoms with Crippen LogP contribution in [0.4, 0.5) is 5.69 Å². The molecule has 37 heavy (non-hydrogen) atoms. The van der Waals surface area contributed by atoms with Crippen LogP contribution in [0.1, 0.15) is 34.7 Å². The normalized spacial score (nSPS) is 12.1. The molecule has 0 radical (unpaired) electrons. The Morgan fingerprint density at radius 1 is 0.865 bits per heavy atom. The summed E-state index contributed by atoms with van der Waals surface area (Å²) >= 11 is 0. The smallest absolute Gasteiger partial charge is 0.264 e. The van der Waals surface area contributed by atoms with Gasteiger partial charge in [-0.15, -0.1) is 0 Å². The predicted octanol–water partition coefficient (Wildman–Crippen LogP) is 4.28. The molecule has 3 aromatic carbocycles. The van der Waals surface area contributed by atoms with Gasteiger partial charge in [0.2, 0.25) is 11.8 Å². The summed E-state index contributed by atoms with van der Waals surface area (Å²) in [6.45, 7) is 8.93. The molecule has 0 fully saturated rings. The van der Waals surface area contributed by atoms with E-state index in [4.69, 9.17) is 0 Å². The maximum atomic E-state index is 13.9. The molecule has 3 rings (SSSR count). The first-order valence-electron chi connectivity index (χ1n) is 12.2. The minimum absolute atomic E-state index is 0.0932. The van der Waals surface area contributed by atoms with Crippen molar-refractivity contribution in [3.8, 4) is 0 Å². The Morgan fingerprint density at radius 3 is 2.08 bits per heavy atom. The van der Waals surface area contributed by atoms with Gasteiger partial charge in [0, 0.05) is 13.6 Å². The van der Waals surface area contributed by atoms with E-state index in [1.165, 1.54) is 11.9 Å². The fraction of sp³-hybridized carbons (Fsp3) is 0.310. The molecule has 0 saturated carbocycles. The van der Waals surface area contributed by atoms with Gasteiger partial charge in [0.25, 0.3) is 10.0 Å². The molecule has 0 aromatic heterocycles. The van der Waals surface area contributed by atoms with Crippen molar-refractivity contribution in [2.45, 2.75) is 52.1 Å². The van der Waals surface area contributed by atoms with E-state index >= 15 is 0 Å². The van der Waals surface area contributed by atoms with Gasteiger partial charge in [-0.1, -0.05) is 59.7 Å². The maximum absolute atomic E-state index is 13.9. The number of amides is 2. The van der Waals surface area contributed by atoms with E-state index in [0.717, 1.165) is 32.1 Å². The number of anilines is 1. The van der Waals surface area contributed by atoms with Crippen molar-refractivity contribution >= 4 is 27.5 Å². The van der Waals surface area contributed by atoms with Gasteiger partial charge in [0.15, 0.2) is 0 Å². The van der Waals surface area contributed by atoms with Crippen LogP contribution < -0.4 is 9.62 Å². The van der Waals surface area contributed by atoms with Gasteiger partial charge >= 0.3 is 0 Å². The zero-order valence-electron chi connectivity index (χ0n) is 22.3. The van der Waals surface area contributed by atoms with Gasteiger partial charge in [-0.2, -0.15) is 0 Å². The number of rotatable bonds is 9. The Kier molecular flexibility index (Phi) is 8.76. The molecule has 0 heterocycles. The zero-order valence-corrected chi connectivity index (χ0v) is 23.1. The highest BCUT2D eigenvalue weighted by molar-refractivity contribution is 7.92. The van der Waals surface area contributed by atoms with Crippen LogP contribution in [0.5, 0.6) is 0 Å². The minimum Gasteiger partial charge on any atom is -0.357 e. The van der Waals surface area contributed by atoms with Gasteiger partial charge < -0.3 is 10.2 Å². The summed E-state index contributed by atoms with van der Waals surface area (Å²) in [4.78, 5) is 28.0. The van der Waals surface area contributed by atoms with E-state index in [0.29, 0.717) is 5.69 Å². The highest BCUT2D eigenvalue weighted by Crippen LogP contribution is 2.28. The van der Waals surface area contributed by atoms with E-state index in [1.54, 1.807) is 37.3 Å². The lowest BCUT2D eigenvalue weighted by atomic mass is 10.1. The van der Waals surface area contributed by atoms with Crippen molar-refractivity contribution in [3.63, 3.8) is 0 Å². The molecule has 2 amide bonds. The van der Waals surface area contributed by atoms with Crippen molar-refractivity contribution in [1.29, 1.82) is 0 Å². The Bertz CT molecular complexity index is 1380. The van der Waals surface area contributed by atoms with Gasteiger partial charge in [-0.25, -0.2) is 8.42 Å². The molecule has 7 nitrogen and oxygen atoms in total. The number of hydrogen-bond acceptors (Lipinski definition) is 4. The lowest BCUT2D eigenvalue weighted by molar-refractivity contribution is -0.139. The Balaban J connectivity index is 2.08. The van der Waals surface area contributed by atoms with E-state index in [2.05, 4.69) is 5.32 Å². The van der Waals surface area contributed by atoms with Gasteiger partial charge in [0.1, 0.15) is 12.6 Å². The fourth-order valence-electron chi connectivity index (χ4n) is 4.20. The first kappa shape index (κ1) is 27.9. The van der Waals surface area contributed by atoms with Gasteiger partial charge in [-0.3, -0.25) is 13.9 Å². The number of carbonyl (C=O) groups is 2. The monoisotopic (exact) mass is 521 g/mol. The summed E-state index contributed by atoms with van der Waals surface area (Å²) in [5.41, 5.74) is 4.91. The summed E-state index contributed by atoms with van der Waals surface area (Å²) in [5.74, 6) is -0.809. The van der Waals surface area contributed by atoms with Crippen molar-refractivity contribution in [2.24, 2.45) is 0 Å². The van der Waals surface area contributed by atoms with Crippen molar-refractivity contribution < 1.29 is 18.0 Å². The molecule has 196 valence electrons. The number of nitrogens with zero attached hydrogens (tertiary/aromatic N) is 2. The first-order valence-corrected chi connectivity index (χ1v) is 13.6. The molecular weight excluding hydrogens is 486 g/mol. The number of carbonyl (C=O) groups excluding carboxylic acids is 2. The third kappa shape index (κ3) is 6.38. The molecule has 0 aliphatic rings. The average Bonchev–Trinajstić information content (AvgIpc) is 2.86. The van der Waals surface area contributed by atoms with Crippen molar-refractivity contribution in [1.82, 2.24) is 10.2 Å². The Hall–Kier alpha value is -3.65. The van der Waals surface area contributed by atoms with E-state index < -0.39 is 28.5 Å². The predicted molar refractivity (Wildman–Crippen MR) is 147 cm³/mol. The number of nitrogens with one attached hydrogen (secondary N) is 1. The Morgan fingerprint density at radius 2 is 1.49 bits per heavy atom. The lowest BCUT2D eigenvalue weighted by Crippen LogP contribution is -2.50. The largest absolute Gasteiger partial charge is 0.357 e. The second-order valence-electron chi connectivity index (χ2n) is 9.35. The highest BCUT2D eigenvalue weighted by atomic mass is 32.2. The molecule has 0 saturated heterocycles. The quantitative estimate of drug-likeness (QED) is 0.455. The van der Waals surface area contributed by atoms with Gasteiger partial charge in [-0.05, 0) is 69.5 Å². The van der Waals surface area contributed by atoms with Gasteiger partial charge in [0.05, 0.1) is 10.6 Å². The summed E-state index contributed by atoms with van der Waals surface area (Å²) in [6.07, 6.45) is 0. The number of benzene rings is 3. The second kappa shape index (κ2) is 11.6. The third-order valence-electron chi connectivity index (χ3n) is 6.52. The average molecular weight is 522 g/mol. The van der Waals surface area contributed by atoms with Crippen LogP contribution in [-0.4, -0.2) is 44.8 Å². The summed E-state index contributed by atoms with van der Waals surface area (Å²) < 4.78 is 28.9. The van der Waals surface area contributed by atoms with Crippen LogP contribution in [0, 0.1) is 27.7 Å². The van der Waals surface area contributed by atoms with Crippen LogP contribution in [0.2, 0.25) is 0 Å². The Labute approximate surface area is 220 Å². The molecule has 1 N–H and O–H groups in total. The fourth-order valence-corrected chi connectivity index (χ4v) is 5.68. The maximum Gasteiger partial charge on any atom is 0.264 e. The zero-order chi connectivity index (χ0) is 27.3. The summed E-state index contributed by atoms with van der Waals surface area (Å²) in [5, 5.41) is 2.60. The number of hydrogen-bond donors (Lipinski definition) is 1. The number of likely N-dealkylation sites (N-methyl/N-ethyl adjacent to an activating group) is 1. The molecule has 1 atom stereocenters. The molecular formula is C29H35N3O4S. The molecule has 0 aliphatic carbocycles. The molecule has 0 bridgehead atoms.